The maximum Gasteiger partial charge on any atom is 0.303 e. The van der Waals surface area contributed by atoms with Crippen LogP contribution in [0.2, 0.25) is 0 Å². The number of carboxylic acids is 1. The molecule has 0 aromatic carbocycles. The molecule has 3 heteroatoms. The molecule has 1 N–H and O–H groups in total. The third kappa shape index (κ3) is 3.29. The van der Waals surface area contributed by atoms with Gasteiger partial charge in [0.05, 0.1) is 0 Å². The summed E-state index contributed by atoms with van der Waals surface area (Å²) < 4.78 is 0. The van der Waals surface area contributed by atoms with Crippen LogP contribution >= 0.6 is 0 Å². The summed E-state index contributed by atoms with van der Waals surface area (Å²) in [6, 6.07) is 1.24. The summed E-state index contributed by atoms with van der Waals surface area (Å²) in [5.41, 5.74) is 0. The van der Waals surface area contributed by atoms with Crippen molar-refractivity contribution in [3.8, 4) is 0 Å². The normalized spacial score (nSPS) is 25.1. The van der Waals surface area contributed by atoms with Crippen LogP contribution in [0.5, 0.6) is 0 Å². The van der Waals surface area contributed by atoms with Gasteiger partial charge in [-0.15, -0.1) is 0 Å². The highest BCUT2D eigenvalue weighted by Gasteiger charge is 2.24. The van der Waals surface area contributed by atoms with Gasteiger partial charge < -0.3 is 5.11 Å². The van der Waals surface area contributed by atoms with Crippen LogP contribution in [-0.4, -0.2) is 34.6 Å². The van der Waals surface area contributed by atoms with Crippen LogP contribution < -0.4 is 0 Å². The van der Waals surface area contributed by atoms with Gasteiger partial charge in [-0.25, -0.2) is 0 Å². The minimum atomic E-state index is -0.674. The number of hydrogen-bond acceptors (Lipinski definition) is 2. The zero-order chi connectivity index (χ0) is 10.6. The number of hydrogen-bond donors (Lipinski definition) is 1. The van der Waals surface area contributed by atoms with E-state index in [9.17, 15) is 4.79 Å². The number of carbonyl (C=O) groups is 1. The highest BCUT2D eigenvalue weighted by molar-refractivity contribution is 5.66. The first-order chi connectivity index (χ1) is 6.61. The molecule has 0 radical (unpaired) electrons. The monoisotopic (exact) mass is 199 g/mol. The van der Waals surface area contributed by atoms with Crippen LogP contribution in [0, 0.1) is 0 Å². The molecule has 82 valence electrons. The Morgan fingerprint density at radius 2 is 2.36 bits per heavy atom. The fourth-order valence-electron chi connectivity index (χ4n) is 2.32. The summed E-state index contributed by atoms with van der Waals surface area (Å²) in [6.45, 7) is 5.67. The van der Waals surface area contributed by atoms with Gasteiger partial charge in [-0.1, -0.05) is 0 Å². The van der Waals surface area contributed by atoms with E-state index >= 15 is 0 Å². The van der Waals surface area contributed by atoms with Crippen LogP contribution in [0.25, 0.3) is 0 Å². The van der Waals surface area contributed by atoms with Gasteiger partial charge >= 0.3 is 5.97 Å². The number of likely N-dealkylation sites (tertiary alicyclic amines) is 1. The van der Waals surface area contributed by atoms with Crippen LogP contribution in [-0.2, 0) is 4.79 Å². The van der Waals surface area contributed by atoms with Crippen molar-refractivity contribution in [1.82, 2.24) is 4.90 Å². The first kappa shape index (κ1) is 11.5. The van der Waals surface area contributed by atoms with E-state index in [0.29, 0.717) is 18.5 Å². The summed E-state index contributed by atoms with van der Waals surface area (Å²) in [5.74, 6) is -0.674. The van der Waals surface area contributed by atoms with Crippen molar-refractivity contribution >= 4 is 5.97 Å². The Balaban J connectivity index is 2.20. The average Bonchev–Trinajstić information content (AvgIpc) is 2.50. The maximum absolute atomic E-state index is 10.4. The third-order valence-corrected chi connectivity index (χ3v) is 3.18. The summed E-state index contributed by atoms with van der Waals surface area (Å²) in [5, 5.41) is 8.53. The zero-order valence-electron chi connectivity index (χ0n) is 9.20. The second kappa shape index (κ2) is 5.35. The Morgan fingerprint density at radius 1 is 1.64 bits per heavy atom. The first-order valence-electron chi connectivity index (χ1n) is 5.59. The number of carboxylic acid groups (broad SMARTS) is 1. The van der Waals surface area contributed by atoms with E-state index in [0.717, 1.165) is 12.8 Å². The zero-order valence-corrected chi connectivity index (χ0v) is 9.20. The Morgan fingerprint density at radius 3 is 2.86 bits per heavy atom. The third-order valence-electron chi connectivity index (χ3n) is 3.18. The van der Waals surface area contributed by atoms with Crippen molar-refractivity contribution in [3.63, 3.8) is 0 Å². The molecule has 2 atom stereocenters. The van der Waals surface area contributed by atoms with Crippen molar-refractivity contribution in [2.45, 2.75) is 58.0 Å². The SMILES string of the molecule is CC(CCCC(=O)O)N1CCCC1C. The average molecular weight is 199 g/mol. The van der Waals surface area contributed by atoms with Crippen molar-refractivity contribution in [1.29, 1.82) is 0 Å². The van der Waals surface area contributed by atoms with Crippen molar-refractivity contribution < 1.29 is 9.90 Å². The van der Waals surface area contributed by atoms with Crippen molar-refractivity contribution in [2.75, 3.05) is 6.54 Å². The van der Waals surface area contributed by atoms with Gasteiger partial charge in [0.1, 0.15) is 0 Å². The molecule has 3 nitrogen and oxygen atoms in total. The smallest absolute Gasteiger partial charge is 0.303 e. The fourth-order valence-corrected chi connectivity index (χ4v) is 2.32. The molecule has 2 unspecified atom stereocenters. The minimum absolute atomic E-state index is 0.312. The predicted molar refractivity (Wildman–Crippen MR) is 56.4 cm³/mol. The van der Waals surface area contributed by atoms with Gasteiger partial charge in [0.25, 0.3) is 0 Å². The van der Waals surface area contributed by atoms with Gasteiger partial charge in [-0.3, -0.25) is 9.69 Å². The minimum Gasteiger partial charge on any atom is -0.481 e. The van der Waals surface area contributed by atoms with E-state index in [1.165, 1.54) is 19.4 Å². The highest BCUT2D eigenvalue weighted by atomic mass is 16.4. The molecule has 0 amide bonds. The Labute approximate surface area is 86.1 Å². The largest absolute Gasteiger partial charge is 0.481 e. The highest BCUT2D eigenvalue weighted by Crippen LogP contribution is 2.21. The Bertz CT molecular complexity index is 194. The molecule has 1 saturated heterocycles. The lowest BCUT2D eigenvalue weighted by Gasteiger charge is -2.28. The Hall–Kier alpha value is -0.570. The number of rotatable bonds is 5. The summed E-state index contributed by atoms with van der Waals surface area (Å²) in [4.78, 5) is 12.9. The van der Waals surface area contributed by atoms with Crippen LogP contribution in [0.1, 0.15) is 46.0 Å². The molecular formula is C11H21NO2. The lowest BCUT2D eigenvalue weighted by molar-refractivity contribution is -0.137. The summed E-state index contributed by atoms with van der Waals surface area (Å²) in [6.07, 6.45) is 4.72. The van der Waals surface area contributed by atoms with Gasteiger partial charge in [-0.05, 0) is 46.1 Å². The molecule has 1 aliphatic rings. The number of aliphatic carboxylic acids is 1. The number of nitrogens with zero attached hydrogens (tertiary/aromatic N) is 1. The van der Waals surface area contributed by atoms with E-state index in [-0.39, 0.29) is 0 Å². The lowest BCUT2D eigenvalue weighted by Crippen LogP contribution is -2.35. The summed E-state index contributed by atoms with van der Waals surface area (Å²) in [7, 11) is 0. The first-order valence-corrected chi connectivity index (χ1v) is 5.59. The van der Waals surface area contributed by atoms with E-state index in [1.54, 1.807) is 0 Å². The van der Waals surface area contributed by atoms with Gasteiger partial charge in [-0.2, -0.15) is 0 Å². The molecule has 0 spiro atoms. The second-order valence-corrected chi connectivity index (χ2v) is 4.36. The van der Waals surface area contributed by atoms with Crippen LogP contribution in [0.15, 0.2) is 0 Å². The quantitative estimate of drug-likeness (QED) is 0.737. The standard InChI is InChI=1S/C11H21NO2/c1-9(5-3-7-11(13)14)12-8-4-6-10(12)2/h9-10H,3-8H2,1-2H3,(H,13,14). The van der Waals surface area contributed by atoms with Crippen molar-refractivity contribution in [3.05, 3.63) is 0 Å². The van der Waals surface area contributed by atoms with Gasteiger partial charge in [0, 0.05) is 18.5 Å². The molecule has 1 fully saturated rings. The van der Waals surface area contributed by atoms with E-state index in [2.05, 4.69) is 18.7 Å². The molecule has 0 saturated carbocycles. The molecule has 1 aliphatic heterocycles. The molecule has 1 rings (SSSR count). The predicted octanol–water partition coefficient (Wildman–Crippen LogP) is 2.11. The molecule has 0 bridgehead atoms. The van der Waals surface area contributed by atoms with Crippen LogP contribution in [0.4, 0.5) is 0 Å². The van der Waals surface area contributed by atoms with E-state index in [1.807, 2.05) is 0 Å². The van der Waals surface area contributed by atoms with E-state index in [4.69, 9.17) is 5.11 Å². The molecule has 1 heterocycles. The molecular weight excluding hydrogens is 178 g/mol. The summed E-state index contributed by atoms with van der Waals surface area (Å²) >= 11 is 0. The molecule has 0 aromatic heterocycles. The molecule has 0 aromatic rings. The Kier molecular flexibility index (Phi) is 4.39. The van der Waals surface area contributed by atoms with Crippen LogP contribution in [0.3, 0.4) is 0 Å². The fraction of sp³-hybridized carbons (Fsp3) is 0.909. The second-order valence-electron chi connectivity index (χ2n) is 4.36. The van der Waals surface area contributed by atoms with Gasteiger partial charge in [0.2, 0.25) is 0 Å². The molecule has 14 heavy (non-hydrogen) atoms. The van der Waals surface area contributed by atoms with Crippen molar-refractivity contribution in [2.24, 2.45) is 0 Å². The van der Waals surface area contributed by atoms with Gasteiger partial charge in [0.15, 0.2) is 0 Å². The van der Waals surface area contributed by atoms with E-state index < -0.39 is 5.97 Å². The lowest BCUT2D eigenvalue weighted by atomic mass is 10.1. The maximum atomic E-state index is 10.4. The topological polar surface area (TPSA) is 40.5 Å². The molecule has 0 aliphatic carbocycles.